The second kappa shape index (κ2) is 8.64. The molecule has 0 spiro atoms. The van der Waals surface area contributed by atoms with Gasteiger partial charge >= 0.3 is 5.97 Å². The monoisotopic (exact) mass is 374 g/mol. The minimum atomic E-state index is -1.06. The molecular formula is C22H18N2O4. The average Bonchev–Trinajstić information content (AvgIpc) is 2.69. The summed E-state index contributed by atoms with van der Waals surface area (Å²) in [4.78, 5) is 35.4. The predicted octanol–water partition coefficient (Wildman–Crippen LogP) is 3.82. The predicted molar refractivity (Wildman–Crippen MR) is 107 cm³/mol. The van der Waals surface area contributed by atoms with Crippen molar-refractivity contribution < 1.29 is 19.5 Å². The van der Waals surface area contributed by atoms with Crippen molar-refractivity contribution >= 4 is 29.2 Å². The summed E-state index contributed by atoms with van der Waals surface area (Å²) < 4.78 is 0. The van der Waals surface area contributed by atoms with Gasteiger partial charge < -0.3 is 15.7 Å². The van der Waals surface area contributed by atoms with Gasteiger partial charge in [0.15, 0.2) is 0 Å². The third-order valence-electron chi connectivity index (χ3n) is 4.01. The molecule has 0 saturated carbocycles. The van der Waals surface area contributed by atoms with Gasteiger partial charge in [0.2, 0.25) is 5.91 Å². The van der Waals surface area contributed by atoms with Crippen molar-refractivity contribution in [2.75, 3.05) is 10.6 Å². The maximum Gasteiger partial charge on any atom is 0.335 e. The van der Waals surface area contributed by atoms with Crippen molar-refractivity contribution in [2.45, 2.75) is 6.42 Å². The van der Waals surface area contributed by atoms with Crippen LogP contribution in [-0.4, -0.2) is 22.9 Å². The summed E-state index contributed by atoms with van der Waals surface area (Å²) in [6.07, 6.45) is 0.267. The van der Waals surface area contributed by atoms with Gasteiger partial charge in [0.25, 0.3) is 5.91 Å². The van der Waals surface area contributed by atoms with Gasteiger partial charge in [-0.15, -0.1) is 0 Å². The van der Waals surface area contributed by atoms with Crippen LogP contribution in [0.4, 0.5) is 11.4 Å². The number of anilines is 2. The number of benzene rings is 3. The maximum absolute atomic E-state index is 12.3. The fourth-order valence-electron chi connectivity index (χ4n) is 2.62. The molecule has 0 atom stereocenters. The van der Waals surface area contributed by atoms with Crippen LogP contribution in [0.15, 0.2) is 78.9 Å². The molecule has 2 amide bonds. The van der Waals surface area contributed by atoms with Crippen molar-refractivity contribution in [3.05, 3.63) is 95.6 Å². The number of aromatic carboxylic acids is 1. The second-order valence-corrected chi connectivity index (χ2v) is 6.13. The van der Waals surface area contributed by atoms with Gasteiger partial charge in [0.1, 0.15) is 0 Å². The molecule has 0 bridgehead atoms. The molecule has 3 rings (SSSR count). The zero-order chi connectivity index (χ0) is 19.9. The van der Waals surface area contributed by atoms with E-state index in [0.29, 0.717) is 16.9 Å². The van der Waals surface area contributed by atoms with Gasteiger partial charge in [0.05, 0.1) is 12.0 Å². The summed E-state index contributed by atoms with van der Waals surface area (Å²) in [5, 5.41) is 14.5. The number of carbonyl (C=O) groups is 3. The Morgan fingerprint density at radius 3 is 2.11 bits per heavy atom. The molecule has 0 saturated heterocycles. The van der Waals surface area contributed by atoms with Crippen LogP contribution in [0, 0.1) is 0 Å². The fraction of sp³-hybridized carbons (Fsp3) is 0.0455. The number of carbonyl (C=O) groups excluding carboxylic acids is 2. The molecule has 140 valence electrons. The molecule has 28 heavy (non-hydrogen) atoms. The Kier molecular flexibility index (Phi) is 5.81. The van der Waals surface area contributed by atoms with E-state index in [9.17, 15) is 14.4 Å². The molecule has 0 aliphatic rings. The van der Waals surface area contributed by atoms with Gasteiger partial charge in [-0.05, 0) is 48.0 Å². The van der Waals surface area contributed by atoms with Crippen molar-refractivity contribution in [1.82, 2.24) is 0 Å². The van der Waals surface area contributed by atoms with Crippen LogP contribution in [-0.2, 0) is 11.2 Å². The third-order valence-corrected chi connectivity index (χ3v) is 4.01. The molecule has 0 aliphatic heterocycles. The summed E-state index contributed by atoms with van der Waals surface area (Å²) in [5.74, 6) is -1.58. The van der Waals surface area contributed by atoms with Crippen molar-refractivity contribution in [3.63, 3.8) is 0 Å². The Labute approximate surface area is 161 Å². The summed E-state index contributed by atoms with van der Waals surface area (Å²) >= 11 is 0. The Hall–Kier alpha value is -3.93. The van der Waals surface area contributed by atoms with E-state index in [1.165, 1.54) is 12.1 Å². The number of amides is 2. The lowest BCUT2D eigenvalue weighted by Crippen LogP contribution is -2.15. The van der Waals surface area contributed by atoms with Crippen LogP contribution in [0.3, 0.4) is 0 Å². The topological polar surface area (TPSA) is 95.5 Å². The van der Waals surface area contributed by atoms with Gasteiger partial charge in [-0.1, -0.05) is 36.4 Å². The first-order valence-corrected chi connectivity index (χ1v) is 8.60. The summed E-state index contributed by atoms with van der Waals surface area (Å²) in [5.41, 5.74) is 2.38. The first kappa shape index (κ1) is 18.8. The molecule has 6 heteroatoms. The van der Waals surface area contributed by atoms with E-state index in [4.69, 9.17) is 5.11 Å². The minimum Gasteiger partial charge on any atom is -0.478 e. The van der Waals surface area contributed by atoms with Gasteiger partial charge in [0, 0.05) is 16.9 Å². The third kappa shape index (κ3) is 5.04. The highest BCUT2D eigenvalue weighted by atomic mass is 16.4. The van der Waals surface area contributed by atoms with Crippen molar-refractivity contribution in [1.29, 1.82) is 0 Å². The van der Waals surface area contributed by atoms with E-state index in [-0.39, 0.29) is 23.8 Å². The standard InChI is InChI=1S/C22H18N2O4/c25-20(13-15-5-2-1-3-6-15)23-18-11-9-16(10-12-18)21(26)24-19-8-4-7-17(14-19)22(27)28/h1-12,14H,13H2,(H,23,25)(H,24,26)(H,27,28). The molecule has 0 aliphatic carbocycles. The van der Waals surface area contributed by atoms with Gasteiger partial charge in [-0.3, -0.25) is 9.59 Å². The number of hydrogen-bond donors (Lipinski definition) is 3. The smallest absolute Gasteiger partial charge is 0.335 e. The van der Waals surface area contributed by atoms with Gasteiger partial charge in [-0.25, -0.2) is 4.79 Å². The van der Waals surface area contributed by atoms with E-state index in [1.807, 2.05) is 30.3 Å². The number of nitrogens with one attached hydrogen (secondary N) is 2. The van der Waals surface area contributed by atoms with Crippen molar-refractivity contribution in [3.8, 4) is 0 Å². The lowest BCUT2D eigenvalue weighted by molar-refractivity contribution is -0.115. The highest BCUT2D eigenvalue weighted by molar-refractivity contribution is 6.05. The van der Waals surface area contributed by atoms with Crippen LogP contribution >= 0.6 is 0 Å². The second-order valence-electron chi connectivity index (χ2n) is 6.13. The molecule has 0 fully saturated rings. The molecule has 3 aromatic carbocycles. The van der Waals surface area contributed by atoms with E-state index in [2.05, 4.69) is 10.6 Å². The zero-order valence-electron chi connectivity index (χ0n) is 14.9. The highest BCUT2D eigenvalue weighted by Gasteiger charge is 2.09. The lowest BCUT2D eigenvalue weighted by Gasteiger charge is -2.08. The maximum atomic E-state index is 12.3. The van der Waals surface area contributed by atoms with Crippen LogP contribution in [0.1, 0.15) is 26.3 Å². The SMILES string of the molecule is O=C(Cc1ccccc1)Nc1ccc(C(=O)Nc2cccc(C(=O)O)c2)cc1. The average molecular weight is 374 g/mol. The normalized spacial score (nSPS) is 10.1. The van der Waals surface area contributed by atoms with E-state index in [1.54, 1.807) is 36.4 Å². The molecule has 3 aromatic rings. The van der Waals surface area contributed by atoms with Crippen molar-refractivity contribution in [2.24, 2.45) is 0 Å². The zero-order valence-corrected chi connectivity index (χ0v) is 14.9. The molecule has 0 unspecified atom stereocenters. The summed E-state index contributed by atoms with van der Waals surface area (Å²) in [6, 6.07) is 21.9. The number of rotatable bonds is 6. The number of carboxylic acids is 1. The van der Waals surface area contributed by atoms with Crippen LogP contribution in [0.25, 0.3) is 0 Å². The Morgan fingerprint density at radius 1 is 0.714 bits per heavy atom. The Bertz CT molecular complexity index is 999. The summed E-state index contributed by atoms with van der Waals surface area (Å²) in [7, 11) is 0. The fourth-order valence-corrected chi connectivity index (χ4v) is 2.62. The first-order chi connectivity index (χ1) is 13.5. The number of hydrogen-bond acceptors (Lipinski definition) is 3. The Morgan fingerprint density at radius 2 is 1.43 bits per heavy atom. The largest absolute Gasteiger partial charge is 0.478 e. The van der Waals surface area contributed by atoms with Crippen LogP contribution in [0.5, 0.6) is 0 Å². The van der Waals surface area contributed by atoms with Gasteiger partial charge in [-0.2, -0.15) is 0 Å². The molecule has 0 aromatic heterocycles. The van der Waals surface area contributed by atoms with E-state index < -0.39 is 5.97 Å². The molecule has 0 heterocycles. The quantitative estimate of drug-likeness (QED) is 0.611. The first-order valence-electron chi connectivity index (χ1n) is 8.60. The lowest BCUT2D eigenvalue weighted by atomic mass is 10.1. The number of carboxylic acid groups (broad SMARTS) is 1. The molecular weight excluding hydrogens is 356 g/mol. The molecule has 6 nitrogen and oxygen atoms in total. The molecule has 0 radical (unpaired) electrons. The van der Waals surface area contributed by atoms with Crippen LogP contribution in [0.2, 0.25) is 0 Å². The molecule has 3 N–H and O–H groups in total. The van der Waals surface area contributed by atoms with E-state index >= 15 is 0 Å². The highest BCUT2D eigenvalue weighted by Crippen LogP contribution is 2.15. The van der Waals surface area contributed by atoms with E-state index in [0.717, 1.165) is 5.56 Å². The minimum absolute atomic E-state index is 0.0919. The van der Waals surface area contributed by atoms with Crippen LogP contribution < -0.4 is 10.6 Å². The summed E-state index contributed by atoms with van der Waals surface area (Å²) in [6.45, 7) is 0. The Balaban J connectivity index is 1.60.